The summed E-state index contributed by atoms with van der Waals surface area (Å²) in [6.45, 7) is 0. The maximum Gasteiger partial charge on any atom is 0.134 e. The zero-order valence-electron chi connectivity index (χ0n) is 15.7. The molecule has 4 aromatic carbocycles. The Balaban J connectivity index is 1.64. The van der Waals surface area contributed by atoms with E-state index in [0.29, 0.717) is 34.5 Å². The molecule has 0 aliphatic carbocycles. The molecule has 0 amide bonds. The Kier molecular flexibility index (Phi) is 6.47. The van der Waals surface area contributed by atoms with Crippen molar-refractivity contribution in [3.63, 3.8) is 0 Å². The lowest BCUT2D eigenvalue weighted by molar-refractivity contribution is 0.439. The van der Waals surface area contributed by atoms with Gasteiger partial charge in [0, 0.05) is 32.9 Å². The van der Waals surface area contributed by atoms with Crippen LogP contribution in [0.15, 0.2) is 106 Å². The minimum atomic E-state index is 0.589. The molecule has 150 valence electrons. The summed E-state index contributed by atoms with van der Waals surface area (Å²) in [5.41, 5.74) is 0. The fraction of sp³-hybridized carbons (Fsp3) is 0. The summed E-state index contributed by atoms with van der Waals surface area (Å²) in [5.74, 6) is 3.84. The molecule has 0 aliphatic heterocycles. The largest absolute Gasteiger partial charge is 0.457 e. The Morgan fingerprint density at radius 1 is 0.333 bits per heavy atom. The van der Waals surface area contributed by atoms with Crippen LogP contribution in [0.3, 0.4) is 0 Å². The highest BCUT2D eigenvalue weighted by Gasteiger charge is 2.08. The number of hydrogen-bond donors (Lipinski definition) is 3. The van der Waals surface area contributed by atoms with Crippen LogP contribution in [0.5, 0.6) is 34.5 Å². The van der Waals surface area contributed by atoms with Crippen molar-refractivity contribution in [2.24, 2.45) is 0 Å². The second kappa shape index (κ2) is 9.43. The van der Waals surface area contributed by atoms with Crippen LogP contribution in [0, 0.1) is 0 Å². The van der Waals surface area contributed by atoms with Crippen molar-refractivity contribution < 1.29 is 14.2 Å². The summed E-state index contributed by atoms with van der Waals surface area (Å²) >= 11 is 12.9. The van der Waals surface area contributed by atoms with Crippen molar-refractivity contribution in [1.82, 2.24) is 0 Å². The minimum absolute atomic E-state index is 0.589. The average Bonchev–Trinajstić information content (AvgIpc) is 2.73. The van der Waals surface area contributed by atoms with E-state index >= 15 is 0 Å². The van der Waals surface area contributed by atoms with Gasteiger partial charge < -0.3 is 14.2 Å². The molecule has 0 atom stereocenters. The monoisotopic (exact) mass is 450 g/mol. The highest BCUT2D eigenvalue weighted by molar-refractivity contribution is 7.80. The smallest absolute Gasteiger partial charge is 0.134 e. The lowest BCUT2D eigenvalue weighted by Gasteiger charge is -2.13. The van der Waals surface area contributed by atoms with Crippen molar-refractivity contribution in [3.05, 3.63) is 91.0 Å². The number of rotatable bonds is 6. The zero-order chi connectivity index (χ0) is 20.9. The van der Waals surface area contributed by atoms with E-state index in [4.69, 9.17) is 14.2 Å². The number of ether oxygens (including phenoxy) is 3. The third-order valence-electron chi connectivity index (χ3n) is 4.07. The van der Waals surface area contributed by atoms with Crippen LogP contribution in [-0.2, 0) is 0 Å². The van der Waals surface area contributed by atoms with Gasteiger partial charge in [0.1, 0.15) is 34.5 Å². The van der Waals surface area contributed by atoms with E-state index in [2.05, 4.69) is 37.9 Å². The molecule has 0 bridgehead atoms. The van der Waals surface area contributed by atoms with Gasteiger partial charge in [-0.1, -0.05) is 0 Å². The summed E-state index contributed by atoms with van der Waals surface area (Å²) in [6.07, 6.45) is 0. The molecule has 30 heavy (non-hydrogen) atoms. The fourth-order valence-corrected chi connectivity index (χ4v) is 3.12. The Morgan fingerprint density at radius 3 is 0.800 bits per heavy atom. The molecule has 0 fully saturated rings. The van der Waals surface area contributed by atoms with Crippen molar-refractivity contribution in [2.45, 2.75) is 14.7 Å². The maximum atomic E-state index is 6.01. The first-order valence-electron chi connectivity index (χ1n) is 9.09. The second-order valence-corrected chi connectivity index (χ2v) is 7.98. The molecule has 0 saturated heterocycles. The van der Waals surface area contributed by atoms with Crippen molar-refractivity contribution in [1.29, 1.82) is 0 Å². The summed E-state index contributed by atoms with van der Waals surface area (Å²) in [4.78, 5) is 2.59. The van der Waals surface area contributed by atoms with E-state index in [0.717, 1.165) is 14.7 Å². The Hall–Kier alpha value is -2.67. The van der Waals surface area contributed by atoms with Crippen molar-refractivity contribution in [2.75, 3.05) is 0 Å². The molecule has 3 nitrogen and oxygen atoms in total. The lowest BCUT2D eigenvalue weighted by Crippen LogP contribution is -1.91. The molecule has 0 N–H and O–H groups in total. The van der Waals surface area contributed by atoms with Gasteiger partial charge in [0.05, 0.1) is 0 Å². The summed E-state index contributed by atoms with van der Waals surface area (Å²) in [7, 11) is 0. The van der Waals surface area contributed by atoms with Crippen molar-refractivity contribution >= 4 is 37.9 Å². The van der Waals surface area contributed by atoms with Crippen LogP contribution in [-0.4, -0.2) is 0 Å². The van der Waals surface area contributed by atoms with Gasteiger partial charge in [-0.3, -0.25) is 0 Å². The predicted molar refractivity (Wildman–Crippen MR) is 128 cm³/mol. The Labute approximate surface area is 191 Å². The first kappa shape index (κ1) is 20.6. The molecule has 6 heteroatoms. The van der Waals surface area contributed by atoms with E-state index in [1.807, 2.05) is 91.0 Å². The van der Waals surface area contributed by atoms with Gasteiger partial charge in [-0.2, -0.15) is 0 Å². The van der Waals surface area contributed by atoms with Crippen LogP contribution < -0.4 is 14.2 Å². The summed E-state index contributed by atoms with van der Waals surface area (Å²) in [6, 6.07) is 27.8. The van der Waals surface area contributed by atoms with Crippen LogP contribution in [0.25, 0.3) is 0 Å². The molecule has 4 aromatic rings. The van der Waals surface area contributed by atoms with Gasteiger partial charge >= 0.3 is 0 Å². The highest BCUT2D eigenvalue weighted by atomic mass is 32.1. The van der Waals surface area contributed by atoms with Gasteiger partial charge in [0.2, 0.25) is 0 Å². The SMILES string of the molecule is Sc1ccc(Oc2cc(Oc3ccc(S)cc3)cc(Oc3ccc(S)cc3)c2)cc1. The molecule has 0 heterocycles. The summed E-state index contributed by atoms with van der Waals surface area (Å²) in [5, 5.41) is 0. The van der Waals surface area contributed by atoms with Gasteiger partial charge in [-0.25, -0.2) is 0 Å². The molecule has 4 rings (SSSR count). The highest BCUT2D eigenvalue weighted by Crippen LogP contribution is 2.35. The first-order valence-corrected chi connectivity index (χ1v) is 10.4. The van der Waals surface area contributed by atoms with Gasteiger partial charge in [0.15, 0.2) is 0 Å². The average molecular weight is 451 g/mol. The molecule has 0 spiro atoms. The van der Waals surface area contributed by atoms with Gasteiger partial charge in [-0.05, 0) is 72.8 Å². The standard InChI is InChI=1S/C24H18O3S3/c28-22-7-1-16(2-8-22)25-19-13-20(26-17-3-9-23(29)10-4-17)15-21(14-19)27-18-5-11-24(30)12-6-18/h1-15,28-30H. The van der Waals surface area contributed by atoms with E-state index in [-0.39, 0.29) is 0 Å². The molecule has 0 aromatic heterocycles. The molecule has 0 saturated carbocycles. The lowest BCUT2D eigenvalue weighted by atomic mass is 10.2. The van der Waals surface area contributed by atoms with Crippen molar-refractivity contribution in [3.8, 4) is 34.5 Å². The molecular weight excluding hydrogens is 432 g/mol. The zero-order valence-corrected chi connectivity index (χ0v) is 18.4. The van der Waals surface area contributed by atoms with E-state index in [1.165, 1.54) is 0 Å². The van der Waals surface area contributed by atoms with Gasteiger partial charge in [0.25, 0.3) is 0 Å². The predicted octanol–water partition coefficient (Wildman–Crippen LogP) is 7.93. The first-order chi connectivity index (χ1) is 14.5. The number of hydrogen-bond acceptors (Lipinski definition) is 6. The van der Waals surface area contributed by atoms with E-state index in [1.54, 1.807) is 0 Å². The van der Waals surface area contributed by atoms with Crippen LogP contribution in [0.2, 0.25) is 0 Å². The van der Waals surface area contributed by atoms with E-state index < -0.39 is 0 Å². The van der Waals surface area contributed by atoms with Crippen LogP contribution >= 0.6 is 37.9 Å². The third-order valence-corrected chi connectivity index (χ3v) is 4.97. The summed E-state index contributed by atoms with van der Waals surface area (Å²) < 4.78 is 18.0. The number of thiol groups is 3. The molecule has 0 radical (unpaired) electrons. The van der Waals surface area contributed by atoms with Crippen LogP contribution in [0.1, 0.15) is 0 Å². The molecular formula is C24H18O3S3. The topological polar surface area (TPSA) is 27.7 Å². The number of benzene rings is 4. The molecule has 0 aliphatic rings. The maximum absolute atomic E-state index is 6.01. The van der Waals surface area contributed by atoms with E-state index in [9.17, 15) is 0 Å². The fourth-order valence-electron chi connectivity index (χ4n) is 2.67. The Morgan fingerprint density at radius 2 is 0.567 bits per heavy atom. The quantitative estimate of drug-likeness (QED) is 0.260. The third kappa shape index (κ3) is 5.69. The normalized spacial score (nSPS) is 10.5. The van der Waals surface area contributed by atoms with Gasteiger partial charge in [-0.15, -0.1) is 37.9 Å². The Bertz CT molecular complexity index is 967. The van der Waals surface area contributed by atoms with Crippen LogP contribution in [0.4, 0.5) is 0 Å². The second-order valence-electron chi connectivity index (χ2n) is 6.43. The minimum Gasteiger partial charge on any atom is -0.457 e. The molecule has 0 unspecified atom stereocenters.